The number of nitrogens with zero attached hydrogens (tertiary/aromatic N) is 3. The molecule has 1 atom stereocenters. The van der Waals surface area contributed by atoms with Gasteiger partial charge in [-0.05, 0) is 38.0 Å². The summed E-state index contributed by atoms with van der Waals surface area (Å²) < 4.78 is 6.93. The molecule has 7 heteroatoms. The van der Waals surface area contributed by atoms with Crippen molar-refractivity contribution in [1.82, 2.24) is 15.2 Å². The molecule has 1 aromatic heterocycles. The molecule has 24 heavy (non-hydrogen) atoms. The highest BCUT2D eigenvalue weighted by Gasteiger charge is 2.32. The third-order valence-electron chi connectivity index (χ3n) is 4.04. The summed E-state index contributed by atoms with van der Waals surface area (Å²) in [5.41, 5.74) is 4.10. The van der Waals surface area contributed by atoms with Crippen LogP contribution in [0.25, 0.3) is 0 Å². The van der Waals surface area contributed by atoms with Gasteiger partial charge >= 0.3 is 0 Å². The second-order valence-corrected chi connectivity index (χ2v) is 6.71. The maximum atomic E-state index is 11.9. The summed E-state index contributed by atoms with van der Waals surface area (Å²) in [7, 11) is 0. The molecule has 0 saturated carbocycles. The first-order chi connectivity index (χ1) is 11.5. The molecule has 3 rings (SSSR count). The van der Waals surface area contributed by atoms with Crippen LogP contribution >= 0.6 is 15.9 Å². The Morgan fingerprint density at radius 3 is 2.58 bits per heavy atom. The smallest absolute Gasteiger partial charge is 0.243 e. The molecule has 0 unspecified atom stereocenters. The van der Waals surface area contributed by atoms with Crippen LogP contribution in [0.1, 0.15) is 42.1 Å². The van der Waals surface area contributed by atoms with Crippen molar-refractivity contribution in [3.8, 4) is 0 Å². The Labute approximate surface area is 149 Å². The number of nitrogens with one attached hydrogen (secondary N) is 1. The summed E-state index contributed by atoms with van der Waals surface area (Å²) in [4.78, 5) is 11.9. The Kier molecular flexibility index (Phi) is 4.71. The van der Waals surface area contributed by atoms with E-state index in [9.17, 15) is 4.79 Å². The molecule has 126 valence electrons. The van der Waals surface area contributed by atoms with E-state index in [1.807, 2.05) is 38.1 Å². The average molecular weight is 391 g/mol. The number of carbonyl (C=O) groups is 1. The average Bonchev–Trinajstić information content (AvgIpc) is 3.11. The summed E-state index contributed by atoms with van der Waals surface area (Å²) >= 11 is 3.41. The predicted octanol–water partition coefficient (Wildman–Crippen LogP) is 3.61. The first-order valence-corrected chi connectivity index (χ1v) is 8.55. The standard InChI is InChI=1S/C17H19BrN4O2/c1-10-15(11(2)20-19-10)8-9-16-21-22(12(3)23)17(24-16)13-4-6-14(18)7-5-13/h4-7,17H,8-9H2,1-3H3,(H,19,20)/t17-/m0/s1. The van der Waals surface area contributed by atoms with Crippen LogP contribution in [0.4, 0.5) is 0 Å². The predicted molar refractivity (Wildman–Crippen MR) is 94.3 cm³/mol. The summed E-state index contributed by atoms with van der Waals surface area (Å²) in [6.45, 7) is 5.47. The molecule has 0 saturated heterocycles. The van der Waals surface area contributed by atoms with Gasteiger partial charge in [0.1, 0.15) is 0 Å². The Balaban J connectivity index is 1.74. The third-order valence-corrected chi connectivity index (χ3v) is 4.57. The van der Waals surface area contributed by atoms with Crippen LogP contribution in [0, 0.1) is 13.8 Å². The van der Waals surface area contributed by atoms with E-state index >= 15 is 0 Å². The fourth-order valence-electron chi connectivity index (χ4n) is 2.73. The monoisotopic (exact) mass is 390 g/mol. The second-order valence-electron chi connectivity index (χ2n) is 5.79. The van der Waals surface area contributed by atoms with Crippen molar-refractivity contribution in [2.45, 2.75) is 39.8 Å². The van der Waals surface area contributed by atoms with E-state index in [1.165, 1.54) is 17.5 Å². The van der Waals surface area contributed by atoms with Crippen LogP contribution in [-0.4, -0.2) is 27.0 Å². The lowest BCUT2D eigenvalue weighted by Gasteiger charge is -2.19. The van der Waals surface area contributed by atoms with E-state index in [4.69, 9.17) is 4.74 Å². The zero-order valence-corrected chi connectivity index (χ0v) is 15.4. The molecular formula is C17H19BrN4O2. The molecule has 1 N–H and O–H groups in total. The fraction of sp³-hybridized carbons (Fsp3) is 0.353. The molecule has 0 radical (unpaired) electrons. The van der Waals surface area contributed by atoms with Crippen molar-refractivity contribution in [2.24, 2.45) is 5.10 Å². The normalized spacial score (nSPS) is 16.9. The fourth-order valence-corrected chi connectivity index (χ4v) is 2.99. The quantitative estimate of drug-likeness (QED) is 0.866. The van der Waals surface area contributed by atoms with Gasteiger partial charge in [-0.15, -0.1) is 5.10 Å². The summed E-state index contributed by atoms with van der Waals surface area (Å²) in [5, 5.41) is 12.9. The maximum absolute atomic E-state index is 11.9. The summed E-state index contributed by atoms with van der Waals surface area (Å²) in [5.74, 6) is 0.423. The minimum absolute atomic E-state index is 0.145. The highest BCUT2D eigenvalue weighted by molar-refractivity contribution is 9.10. The molecular weight excluding hydrogens is 372 g/mol. The van der Waals surface area contributed by atoms with Gasteiger partial charge in [0.15, 0.2) is 0 Å². The molecule has 1 aromatic carbocycles. The van der Waals surface area contributed by atoms with Gasteiger partial charge in [0.25, 0.3) is 0 Å². The lowest BCUT2D eigenvalue weighted by Crippen LogP contribution is -2.25. The van der Waals surface area contributed by atoms with Gasteiger partial charge in [-0.3, -0.25) is 9.89 Å². The number of hydrogen-bond donors (Lipinski definition) is 1. The van der Waals surface area contributed by atoms with Gasteiger partial charge < -0.3 is 4.74 Å². The van der Waals surface area contributed by atoms with Gasteiger partial charge in [0, 0.05) is 29.1 Å². The number of hydrazone groups is 1. The lowest BCUT2D eigenvalue weighted by molar-refractivity contribution is -0.135. The number of ether oxygens (including phenoxy) is 1. The molecule has 0 spiro atoms. The molecule has 1 aliphatic heterocycles. The van der Waals surface area contributed by atoms with Crippen LogP contribution in [0.2, 0.25) is 0 Å². The van der Waals surface area contributed by atoms with E-state index in [-0.39, 0.29) is 5.91 Å². The maximum Gasteiger partial charge on any atom is 0.243 e. The molecule has 0 fully saturated rings. The number of aryl methyl sites for hydroxylation is 2. The third kappa shape index (κ3) is 3.36. The number of rotatable bonds is 4. The Morgan fingerprint density at radius 1 is 1.29 bits per heavy atom. The molecule has 1 amide bonds. The topological polar surface area (TPSA) is 70.6 Å². The van der Waals surface area contributed by atoms with E-state index in [2.05, 4.69) is 31.2 Å². The summed E-state index contributed by atoms with van der Waals surface area (Å²) in [6.07, 6.45) is 0.890. The Bertz CT molecular complexity index is 763. The molecule has 2 heterocycles. The highest BCUT2D eigenvalue weighted by Crippen LogP contribution is 2.30. The Hall–Kier alpha value is -2.15. The second kappa shape index (κ2) is 6.76. The molecule has 0 bridgehead atoms. The minimum Gasteiger partial charge on any atom is -0.449 e. The first kappa shape index (κ1) is 16.7. The zero-order valence-electron chi connectivity index (χ0n) is 13.8. The van der Waals surface area contributed by atoms with Crippen molar-refractivity contribution >= 4 is 27.7 Å². The molecule has 0 aliphatic carbocycles. The number of H-pyrrole nitrogens is 1. The highest BCUT2D eigenvalue weighted by atomic mass is 79.9. The number of aromatic nitrogens is 2. The van der Waals surface area contributed by atoms with Crippen molar-refractivity contribution in [3.63, 3.8) is 0 Å². The van der Waals surface area contributed by atoms with Crippen molar-refractivity contribution in [3.05, 3.63) is 51.3 Å². The van der Waals surface area contributed by atoms with Crippen molar-refractivity contribution < 1.29 is 9.53 Å². The first-order valence-electron chi connectivity index (χ1n) is 7.75. The molecule has 1 aliphatic rings. The summed E-state index contributed by atoms with van der Waals surface area (Å²) in [6, 6.07) is 7.70. The van der Waals surface area contributed by atoms with E-state index < -0.39 is 6.23 Å². The number of benzene rings is 1. The van der Waals surface area contributed by atoms with Crippen molar-refractivity contribution in [1.29, 1.82) is 0 Å². The number of halogens is 1. The van der Waals surface area contributed by atoms with Crippen molar-refractivity contribution in [2.75, 3.05) is 0 Å². The van der Waals surface area contributed by atoms with Gasteiger partial charge in [0.05, 0.1) is 5.69 Å². The number of aromatic amines is 1. The molecule has 2 aromatic rings. The molecule has 6 nitrogen and oxygen atoms in total. The van der Waals surface area contributed by atoms with Gasteiger partial charge in [-0.2, -0.15) is 10.1 Å². The van der Waals surface area contributed by atoms with Crippen LogP contribution < -0.4 is 0 Å². The van der Waals surface area contributed by atoms with E-state index in [0.717, 1.165) is 27.8 Å². The number of carbonyl (C=O) groups excluding carboxylic acids is 1. The SMILES string of the molecule is CC(=O)N1N=C(CCc2c(C)n[nH]c2C)O[C@H]1c1ccc(Br)cc1. The van der Waals surface area contributed by atoms with Crippen LogP contribution in [0.5, 0.6) is 0 Å². The van der Waals surface area contributed by atoms with E-state index in [1.54, 1.807) is 0 Å². The zero-order chi connectivity index (χ0) is 17.3. The number of hydrogen-bond acceptors (Lipinski definition) is 4. The van der Waals surface area contributed by atoms with Crippen LogP contribution in [0.3, 0.4) is 0 Å². The Morgan fingerprint density at radius 2 is 2.00 bits per heavy atom. The largest absolute Gasteiger partial charge is 0.449 e. The van der Waals surface area contributed by atoms with Gasteiger partial charge in [0.2, 0.25) is 18.0 Å². The number of amides is 1. The lowest BCUT2D eigenvalue weighted by atomic mass is 10.1. The van der Waals surface area contributed by atoms with E-state index in [0.29, 0.717) is 12.3 Å². The van der Waals surface area contributed by atoms with Gasteiger partial charge in [-0.25, -0.2) is 0 Å². The van der Waals surface area contributed by atoms with Crippen LogP contribution in [0.15, 0.2) is 33.8 Å². The van der Waals surface area contributed by atoms with Crippen LogP contribution in [-0.2, 0) is 16.0 Å². The minimum atomic E-state index is -0.503. The van der Waals surface area contributed by atoms with Gasteiger partial charge in [-0.1, -0.05) is 28.1 Å².